The second-order valence-corrected chi connectivity index (χ2v) is 4.59. The molecule has 0 fully saturated rings. The summed E-state index contributed by atoms with van der Waals surface area (Å²) in [7, 11) is 0. The summed E-state index contributed by atoms with van der Waals surface area (Å²) in [5, 5.41) is 3.02. The van der Waals surface area contributed by atoms with Gasteiger partial charge in [0.1, 0.15) is 5.52 Å². The zero-order chi connectivity index (χ0) is 13.1. The first-order chi connectivity index (χ1) is 8.61. The van der Waals surface area contributed by atoms with E-state index in [4.69, 9.17) is 4.42 Å². The lowest BCUT2D eigenvalue weighted by molar-refractivity contribution is 0.0992. The monoisotopic (exact) mass is 246 g/mol. The van der Waals surface area contributed by atoms with E-state index < -0.39 is 0 Å². The fraction of sp³-hybridized carbons (Fsp3) is 0.429. The van der Waals surface area contributed by atoms with Gasteiger partial charge in [-0.2, -0.15) is 0 Å². The molecule has 1 heterocycles. The molecule has 0 aliphatic carbocycles. The van der Waals surface area contributed by atoms with Crippen molar-refractivity contribution in [1.82, 2.24) is 10.3 Å². The van der Waals surface area contributed by atoms with Crippen LogP contribution in [0.2, 0.25) is 0 Å². The summed E-state index contributed by atoms with van der Waals surface area (Å²) >= 11 is 0. The van der Waals surface area contributed by atoms with Gasteiger partial charge in [-0.05, 0) is 24.7 Å². The Morgan fingerprint density at radius 3 is 2.89 bits per heavy atom. The summed E-state index contributed by atoms with van der Waals surface area (Å²) in [4.78, 5) is 16.2. The third-order valence-electron chi connectivity index (χ3n) is 2.76. The van der Waals surface area contributed by atoms with Gasteiger partial charge in [-0.1, -0.05) is 20.8 Å². The molecule has 0 radical (unpaired) electrons. The molecular weight excluding hydrogens is 228 g/mol. The maximum absolute atomic E-state index is 11.9. The zero-order valence-electron chi connectivity index (χ0n) is 11.0. The molecule has 4 nitrogen and oxygen atoms in total. The zero-order valence-corrected chi connectivity index (χ0v) is 11.0. The van der Waals surface area contributed by atoms with Crippen LogP contribution in [0.5, 0.6) is 0 Å². The molecule has 0 spiro atoms. The quantitative estimate of drug-likeness (QED) is 0.824. The van der Waals surface area contributed by atoms with E-state index in [1.165, 1.54) is 0 Å². The SMILES string of the molecule is CCNCC(=O)c1ccc2nc(C(C)C)oc2c1. The van der Waals surface area contributed by atoms with Crippen LogP contribution in [-0.4, -0.2) is 23.9 Å². The minimum atomic E-state index is 0.0706. The van der Waals surface area contributed by atoms with Crippen LogP contribution >= 0.6 is 0 Å². The Labute approximate surface area is 106 Å². The predicted octanol–water partition coefficient (Wildman–Crippen LogP) is 2.74. The van der Waals surface area contributed by atoms with Gasteiger partial charge in [0, 0.05) is 11.5 Å². The van der Waals surface area contributed by atoms with Gasteiger partial charge in [0.2, 0.25) is 0 Å². The Morgan fingerprint density at radius 1 is 1.44 bits per heavy atom. The van der Waals surface area contributed by atoms with Gasteiger partial charge in [-0.15, -0.1) is 0 Å². The number of aromatic nitrogens is 1. The van der Waals surface area contributed by atoms with E-state index in [0.717, 1.165) is 12.1 Å². The van der Waals surface area contributed by atoms with E-state index in [0.29, 0.717) is 23.6 Å². The second kappa shape index (κ2) is 5.31. The van der Waals surface area contributed by atoms with Crippen LogP contribution in [0.25, 0.3) is 11.1 Å². The lowest BCUT2D eigenvalue weighted by Crippen LogP contribution is -2.22. The number of carbonyl (C=O) groups is 1. The van der Waals surface area contributed by atoms with Crippen LogP contribution < -0.4 is 5.32 Å². The van der Waals surface area contributed by atoms with Crippen molar-refractivity contribution in [2.75, 3.05) is 13.1 Å². The third-order valence-corrected chi connectivity index (χ3v) is 2.76. The minimum absolute atomic E-state index is 0.0706. The van der Waals surface area contributed by atoms with Crippen molar-refractivity contribution in [2.45, 2.75) is 26.7 Å². The summed E-state index contributed by atoms with van der Waals surface area (Å²) < 4.78 is 5.64. The van der Waals surface area contributed by atoms with Gasteiger partial charge in [0.15, 0.2) is 17.3 Å². The normalized spacial score (nSPS) is 11.3. The Bertz CT molecular complexity index is 558. The lowest BCUT2D eigenvalue weighted by atomic mass is 10.1. The number of ketones is 1. The first-order valence-electron chi connectivity index (χ1n) is 6.26. The van der Waals surface area contributed by atoms with Gasteiger partial charge < -0.3 is 9.73 Å². The summed E-state index contributed by atoms with van der Waals surface area (Å²) in [5.74, 6) is 1.03. The van der Waals surface area contributed by atoms with Crippen molar-refractivity contribution in [3.05, 3.63) is 29.7 Å². The number of Topliss-reactive ketones (excluding diaryl/α,β-unsaturated/α-hetero) is 1. The predicted molar refractivity (Wildman–Crippen MR) is 71.0 cm³/mol. The van der Waals surface area contributed by atoms with Crippen LogP contribution in [0.1, 0.15) is 42.9 Å². The Morgan fingerprint density at radius 2 is 2.22 bits per heavy atom. The number of carbonyl (C=O) groups excluding carboxylic acids is 1. The summed E-state index contributed by atoms with van der Waals surface area (Å²) in [6.45, 7) is 7.17. The molecule has 0 saturated carbocycles. The van der Waals surface area contributed by atoms with Gasteiger partial charge in [-0.25, -0.2) is 4.98 Å². The number of likely N-dealkylation sites (N-methyl/N-ethyl adjacent to an activating group) is 1. The number of fused-ring (bicyclic) bond motifs is 1. The van der Waals surface area contributed by atoms with Crippen molar-refractivity contribution in [3.8, 4) is 0 Å². The third kappa shape index (κ3) is 2.59. The molecule has 0 aliphatic heterocycles. The van der Waals surface area contributed by atoms with Gasteiger partial charge in [0.05, 0.1) is 6.54 Å². The van der Waals surface area contributed by atoms with E-state index in [2.05, 4.69) is 10.3 Å². The van der Waals surface area contributed by atoms with Crippen molar-refractivity contribution < 1.29 is 9.21 Å². The number of nitrogens with one attached hydrogen (secondary N) is 1. The van der Waals surface area contributed by atoms with Crippen molar-refractivity contribution in [2.24, 2.45) is 0 Å². The molecule has 0 unspecified atom stereocenters. The lowest BCUT2D eigenvalue weighted by Gasteiger charge is -2.00. The highest BCUT2D eigenvalue weighted by Crippen LogP contribution is 2.22. The molecule has 1 N–H and O–H groups in total. The molecule has 1 aromatic carbocycles. The number of hydrogen-bond acceptors (Lipinski definition) is 4. The van der Waals surface area contributed by atoms with Crippen LogP contribution in [0.3, 0.4) is 0 Å². The van der Waals surface area contributed by atoms with Crippen molar-refractivity contribution in [3.63, 3.8) is 0 Å². The maximum Gasteiger partial charge on any atom is 0.198 e. The highest BCUT2D eigenvalue weighted by atomic mass is 16.3. The first-order valence-corrected chi connectivity index (χ1v) is 6.26. The minimum Gasteiger partial charge on any atom is -0.440 e. The summed E-state index contributed by atoms with van der Waals surface area (Å²) in [6, 6.07) is 5.41. The first kappa shape index (κ1) is 12.8. The molecule has 96 valence electrons. The molecule has 0 saturated heterocycles. The smallest absolute Gasteiger partial charge is 0.198 e. The molecule has 1 aromatic heterocycles. The molecule has 0 aliphatic rings. The van der Waals surface area contributed by atoms with Crippen LogP contribution in [0, 0.1) is 0 Å². The highest BCUT2D eigenvalue weighted by Gasteiger charge is 2.12. The Hall–Kier alpha value is -1.68. The number of benzene rings is 1. The average molecular weight is 246 g/mol. The fourth-order valence-corrected chi connectivity index (χ4v) is 1.70. The van der Waals surface area contributed by atoms with Gasteiger partial charge >= 0.3 is 0 Å². The fourth-order valence-electron chi connectivity index (χ4n) is 1.70. The van der Waals surface area contributed by atoms with E-state index in [-0.39, 0.29) is 11.7 Å². The van der Waals surface area contributed by atoms with Crippen molar-refractivity contribution in [1.29, 1.82) is 0 Å². The van der Waals surface area contributed by atoms with E-state index >= 15 is 0 Å². The van der Waals surface area contributed by atoms with Crippen LogP contribution in [-0.2, 0) is 0 Å². The molecule has 0 amide bonds. The van der Waals surface area contributed by atoms with Gasteiger partial charge in [-0.3, -0.25) is 4.79 Å². The Kier molecular flexibility index (Phi) is 3.77. The molecular formula is C14H18N2O2. The molecule has 0 atom stereocenters. The molecule has 2 aromatic rings. The summed E-state index contributed by atoms with van der Waals surface area (Å²) in [6.07, 6.45) is 0. The van der Waals surface area contributed by atoms with Crippen LogP contribution in [0.15, 0.2) is 22.6 Å². The molecule has 0 bridgehead atoms. The largest absolute Gasteiger partial charge is 0.440 e. The topological polar surface area (TPSA) is 55.1 Å². The second-order valence-electron chi connectivity index (χ2n) is 4.59. The maximum atomic E-state index is 11.9. The average Bonchev–Trinajstić information content (AvgIpc) is 2.78. The van der Waals surface area contributed by atoms with Crippen molar-refractivity contribution >= 4 is 16.9 Å². The van der Waals surface area contributed by atoms with Gasteiger partial charge in [0.25, 0.3) is 0 Å². The number of hydrogen-bond donors (Lipinski definition) is 1. The summed E-state index contributed by atoms with van der Waals surface area (Å²) in [5.41, 5.74) is 2.15. The molecule has 4 heteroatoms. The van der Waals surface area contributed by atoms with E-state index in [1.807, 2.05) is 26.8 Å². The number of nitrogens with zero attached hydrogens (tertiary/aromatic N) is 1. The number of oxazole rings is 1. The standard InChI is InChI=1S/C14H18N2O2/c1-4-15-8-12(17)10-5-6-11-13(7-10)18-14(16-11)9(2)3/h5-7,9,15H,4,8H2,1-3H3. The number of rotatable bonds is 5. The van der Waals surface area contributed by atoms with Crippen LogP contribution in [0.4, 0.5) is 0 Å². The Balaban J connectivity index is 2.29. The molecule has 2 rings (SSSR count). The van der Waals surface area contributed by atoms with E-state index in [9.17, 15) is 4.79 Å². The molecule has 18 heavy (non-hydrogen) atoms. The highest BCUT2D eigenvalue weighted by molar-refractivity contribution is 5.99. The van der Waals surface area contributed by atoms with E-state index in [1.54, 1.807) is 12.1 Å².